The number of thiophene rings is 1. The molecule has 28 heavy (non-hydrogen) atoms. The van der Waals surface area contributed by atoms with Gasteiger partial charge in [-0.1, -0.05) is 12.1 Å². The number of anilines is 1. The lowest BCUT2D eigenvalue weighted by molar-refractivity contribution is -0.121. The summed E-state index contributed by atoms with van der Waals surface area (Å²) >= 11 is 6.66. The lowest BCUT2D eigenvalue weighted by atomic mass is 10.1. The number of carbonyl (C=O) groups excluding carboxylic acids is 1. The number of benzene rings is 1. The number of fused-ring (bicyclic) bond motifs is 1. The number of hydrogen-bond donors (Lipinski definition) is 4. The number of H-pyrrole nitrogens is 1. The zero-order valence-electron chi connectivity index (χ0n) is 16.0. The molecule has 0 radical (unpaired) electrons. The number of aryl methyl sites for hydroxylation is 4. The van der Waals surface area contributed by atoms with Crippen molar-refractivity contribution in [1.82, 2.24) is 20.8 Å². The zero-order chi connectivity index (χ0) is 20.4. The highest BCUT2D eigenvalue weighted by molar-refractivity contribution is 7.80. The smallest absolute Gasteiger partial charge is 0.259 e. The fourth-order valence-corrected chi connectivity index (χ4v) is 3.94. The van der Waals surface area contributed by atoms with Crippen LogP contribution in [0.5, 0.6) is 0 Å². The van der Waals surface area contributed by atoms with Crippen LogP contribution < -0.4 is 21.7 Å². The van der Waals surface area contributed by atoms with E-state index in [4.69, 9.17) is 12.2 Å². The minimum Gasteiger partial charge on any atom is -0.331 e. The molecule has 0 saturated heterocycles. The molecule has 7 nitrogen and oxygen atoms in total. The lowest BCUT2D eigenvalue weighted by Crippen LogP contribution is -2.44. The van der Waals surface area contributed by atoms with Gasteiger partial charge < -0.3 is 10.3 Å². The van der Waals surface area contributed by atoms with Crippen molar-refractivity contribution in [3.8, 4) is 0 Å². The number of aromatic amines is 1. The van der Waals surface area contributed by atoms with E-state index in [-0.39, 0.29) is 23.0 Å². The summed E-state index contributed by atoms with van der Waals surface area (Å²) in [5, 5.41) is 3.90. The van der Waals surface area contributed by atoms with Gasteiger partial charge in [0.1, 0.15) is 10.7 Å². The van der Waals surface area contributed by atoms with E-state index in [2.05, 4.69) is 26.1 Å². The summed E-state index contributed by atoms with van der Waals surface area (Å²) in [5.41, 5.74) is 8.89. The van der Waals surface area contributed by atoms with Crippen LogP contribution in [0.3, 0.4) is 0 Å². The van der Waals surface area contributed by atoms with Crippen LogP contribution in [-0.4, -0.2) is 21.0 Å². The second-order valence-corrected chi connectivity index (χ2v) is 8.21. The van der Waals surface area contributed by atoms with Crippen LogP contribution >= 0.6 is 23.6 Å². The van der Waals surface area contributed by atoms with Crippen molar-refractivity contribution in [3.63, 3.8) is 0 Å². The number of hydrazine groups is 1. The Balaban J connectivity index is 1.61. The van der Waals surface area contributed by atoms with E-state index in [1.54, 1.807) is 0 Å². The zero-order valence-corrected chi connectivity index (χ0v) is 17.7. The van der Waals surface area contributed by atoms with Crippen LogP contribution in [0.2, 0.25) is 0 Å². The Kier molecular flexibility index (Phi) is 5.76. The Labute approximate surface area is 171 Å². The first-order valence-electron chi connectivity index (χ1n) is 8.66. The number of hydrogen-bond acceptors (Lipinski definition) is 5. The van der Waals surface area contributed by atoms with Gasteiger partial charge >= 0.3 is 0 Å². The first-order chi connectivity index (χ1) is 13.2. The molecule has 4 N–H and O–H groups in total. The number of nitrogens with zero attached hydrogens (tertiary/aromatic N) is 1. The summed E-state index contributed by atoms with van der Waals surface area (Å²) in [7, 11) is 0. The third kappa shape index (κ3) is 4.37. The average Bonchev–Trinajstić information content (AvgIpc) is 2.91. The average molecular weight is 416 g/mol. The molecule has 1 amide bonds. The van der Waals surface area contributed by atoms with Crippen LogP contribution in [0.25, 0.3) is 10.2 Å². The van der Waals surface area contributed by atoms with Crippen LogP contribution in [0, 0.1) is 27.7 Å². The Morgan fingerprint density at radius 1 is 1.21 bits per heavy atom. The van der Waals surface area contributed by atoms with Gasteiger partial charge in [-0.05, 0) is 62.7 Å². The maximum Gasteiger partial charge on any atom is 0.259 e. The highest BCUT2D eigenvalue weighted by atomic mass is 32.1. The van der Waals surface area contributed by atoms with Gasteiger partial charge in [0.15, 0.2) is 5.11 Å². The molecule has 0 aliphatic carbocycles. The summed E-state index contributed by atoms with van der Waals surface area (Å²) in [4.78, 5) is 33.2. The maximum absolute atomic E-state index is 12.3. The third-order valence-electron chi connectivity index (χ3n) is 4.37. The molecule has 0 atom stereocenters. The number of aromatic nitrogens is 2. The predicted octanol–water partition coefficient (Wildman–Crippen LogP) is 2.78. The van der Waals surface area contributed by atoms with Gasteiger partial charge in [0, 0.05) is 10.6 Å². The fraction of sp³-hybridized carbons (Fsp3) is 0.263. The van der Waals surface area contributed by atoms with Gasteiger partial charge in [0.2, 0.25) is 5.91 Å². The summed E-state index contributed by atoms with van der Waals surface area (Å²) in [6.45, 7) is 7.80. The number of nitrogens with one attached hydrogen (secondary N) is 4. The van der Waals surface area contributed by atoms with Crippen molar-refractivity contribution < 1.29 is 4.79 Å². The van der Waals surface area contributed by atoms with E-state index in [1.807, 2.05) is 45.9 Å². The van der Waals surface area contributed by atoms with Crippen LogP contribution in [0.1, 0.15) is 27.4 Å². The van der Waals surface area contributed by atoms with E-state index in [9.17, 15) is 9.59 Å². The molecular formula is C19H21N5O2S2. The van der Waals surface area contributed by atoms with Crippen LogP contribution in [-0.2, 0) is 11.2 Å². The first-order valence-corrected chi connectivity index (χ1v) is 9.89. The summed E-state index contributed by atoms with van der Waals surface area (Å²) in [6.07, 6.45) is -0.0692. The second-order valence-electron chi connectivity index (χ2n) is 6.60. The van der Waals surface area contributed by atoms with E-state index in [0.29, 0.717) is 16.0 Å². The molecule has 0 unspecified atom stereocenters. The quantitative estimate of drug-likeness (QED) is 0.388. The van der Waals surface area contributed by atoms with Crippen molar-refractivity contribution in [1.29, 1.82) is 0 Å². The van der Waals surface area contributed by atoms with Gasteiger partial charge in [-0.15, -0.1) is 11.3 Å². The van der Waals surface area contributed by atoms with E-state index in [0.717, 1.165) is 27.3 Å². The summed E-state index contributed by atoms with van der Waals surface area (Å²) in [5.74, 6) is -0.0518. The summed E-state index contributed by atoms with van der Waals surface area (Å²) < 4.78 is 0. The molecule has 2 heterocycles. The first kappa shape index (κ1) is 20.0. The molecule has 0 spiro atoms. The van der Waals surface area contributed by atoms with E-state index in [1.165, 1.54) is 11.3 Å². The van der Waals surface area contributed by atoms with Gasteiger partial charge in [0.05, 0.1) is 11.8 Å². The molecule has 0 bridgehead atoms. The summed E-state index contributed by atoms with van der Waals surface area (Å²) in [6, 6.07) is 5.98. The largest absolute Gasteiger partial charge is 0.331 e. The highest BCUT2D eigenvalue weighted by Gasteiger charge is 2.14. The molecule has 0 saturated carbocycles. The van der Waals surface area contributed by atoms with Crippen molar-refractivity contribution in [2.75, 3.05) is 5.32 Å². The van der Waals surface area contributed by atoms with Gasteiger partial charge in [-0.3, -0.25) is 20.4 Å². The number of amides is 1. The van der Waals surface area contributed by atoms with Crippen molar-refractivity contribution in [2.45, 2.75) is 34.1 Å². The molecule has 0 aliphatic heterocycles. The molecule has 9 heteroatoms. The Hall–Kier alpha value is -2.78. The van der Waals surface area contributed by atoms with Crippen LogP contribution in [0.4, 0.5) is 5.69 Å². The van der Waals surface area contributed by atoms with Crippen LogP contribution in [0.15, 0.2) is 23.0 Å². The molecule has 3 aromatic rings. The lowest BCUT2D eigenvalue weighted by Gasteiger charge is -2.13. The topological polar surface area (TPSA) is 98.9 Å². The number of thiocarbonyl (C=S) groups is 1. The van der Waals surface area contributed by atoms with Gasteiger partial charge in [0.25, 0.3) is 5.56 Å². The number of rotatable bonds is 3. The predicted molar refractivity (Wildman–Crippen MR) is 117 cm³/mol. The molecule has 3 rings (SSSR count). The molecule has 2 aromatic heterocycles. The molecule has 1 aromatic carbocycles. The van der Waals surface area contributed by atoms with Crippen molar-refractivity contribution >= 4 is 50.5 Å². The van der Waals surface area contributed by atoms with Gasteiger partial charge in [-0.25, -0.2) is 4.98 Å². The molecular weight excluding hydrogens is 394 g/mol. The molecule has 0 aliphatic rings. The Morgan fingerprint density at radius 2 is 1.96 bits per heavy atom. The fourth-order valence-electron chi connectivity index (χ4n) is 2.73. The third-order valence-corrected chi connectivity index (χ3v) is 5.68. The minimum absolute atomic E-state index is 0.0692. The molecule has 146 valence electrons. The van der Waals surface area contributed by atoms with Crippen molar-refractivity contribution in [3.05, 3.63) is 55.9 Å². The van der Waals surface area contributed by atoms with E-state index >= 15 is 0 Å². The monoisotopic (exact) mass is 415 g/mol. The van der Waals surface area contributed by atoms with E-state index < -0.39 is 0 Å². The highest BCUT2D eigenvalue weighted by Crippen LogP contribution is 2.25. The Morgan fingerprint density at radius 3 is 2.71 bits per heavy atom. The minimum atomic E-state index is -0.363. The van der Waals surface area contributed by atoms with Gasteiger partial charge in [-0.2, -0.15) is 0 Å². The SMILES string of the molecule is Cc1ccc(C)c(NC(=S)NNC(=O)Cc2nc3sc(C)c(C)c3c(=O)[nH]2)c1. The number of carbonyl (C=O) groups is 1. The second kappa shape index (κ2) is 8.07. The normalized spacial score (nSPS) is 10.7. The standard InChI is InChI=1S/C19H21N5O2S2/c1-9-5-6-10(2)13(7-9)20-19(27)24-23-15(25)8-14-21-17(26)16-11(3)12(4)28-18(16)22-14/h5-7H,8H2,1-4H3,(H,23,25)(H2,20,24,27)(H,21,22,26). The Bertz CT molecular complexity index is 1130. The maximum atomic E-state index is 12.3. The van der Waals surface area contributed by atoms with Crippen molar-refractivity contribution in [2.24, 2.45) is 0 Å². The molecule has 0 fully saturated rings.